The molecule has 32 heteroatoms. The van der Waals surface area contributed by atoms with Gasteiger partial charge in [-0.1, -0.05) is 12.5 Å². The number of aliphatic hydroxyl groups excluding tert-OH is 2. The lowest BCUT2D eigenvalue weighted by atomic mass is 10.1. The van der Waals surface area contributed by atoms with Crippen LogP contribution < -0.4 is 77.4 Å². The van der Waals surface area contributed by atoms with Crippen LogP contribution in [0, 0.1) is 5.41 Å². The number of carbonyl (C=O) groups excluding carboxylic acids is 8. The van der Waals surface area contributed by atoms with E-state index >= 15 is 0 Å². The first-order valence-corrected chi connectivity index (χ1v) is 23.8. The molecule has 1 aliphatic heterocycles. The van der Waals surface area contributed by atoms with Gasteiger partial charge in [-0.15, -0.1) is 0 Å². The van der Waals surface area contributed by atoms with Gasteiger partial charge in [0, 0.05) is 26.2 Å². The van der Waals surface area contributed by atoms with E-state index in [1.165, 1.54) is 0 Å². The van der Waals surface area contributed by atoms with E-state index in [1.807, 2.05) is 5.32 Å². The minimum absolute atomic E-state index is 0.00203. The third-order valence-electron chi connectivity index (χ3n) is 11.0. The molecule has 0 aromatic rings. The van der Waals surface area contributed by atoms with E-state index in [9.17, 15) is 71.6 Å². The number of halogens is 3. The lowest BCUT2D eigenvalue weighted by Gasteiger charge is -2.28. The van der Waals surface area contributed by atoms with Gasteiger partial charge in [0.2, 0.25) is 35.4 Å². The van der Waals surface area contributed by atoms with E-state index in [2.05, 4.69) is 36.9 Å². The molecule has 0 aliphatic carbocycles. The second-order valence-electron chi connectivity index (χ2n) is 17.0. The number of unbranched alkanes of at least 4 members (excludes halogenated alkanes) is 2. The Morgan fingerprint density at radius 3 is 1.88 bits per heavy atom. The minimum atomic E-state index is -5.08. The Morgan fingerprint density at radius 1 is 0.743 bits per heavy atom. The van der Waals surface area contributed by atoms with Gasteiger partial charge in [0.15, 0.2) is 5.96 Å². The van der Waals surface area contributed by atoms with E-state index in [1.54, 1.807) is 0 Å². The minimum Gasteiger partial charge on any atom is -0.477 e. The quantitative estimate of drug-likeness (QED) is 0.0123. The van der Waals surface area contributed by atoms with E-state index < -0.39 is 151 Å². The maximum atomic E-state index is 14.0. The van der Waals surface area contributed by atoms with Crippen molar-refractivity contribution in [2.75, 3.05) is 52.4 Å². The van der Waals surface area contributed by atoms with Gasteiger partial charge in [0.1, 0.15) is 41.6 Å². The molecule has 0 aromatic heterocycles. The molecule has 0 radical (unpaired) electrons. The summed E-state index contributed by atoms with van der Waals surface area (Å²) in [6, 6.07) is -10.3. The maximum absolute atomic E-state index is 14.0. The second-order valence-corrected chi connectivity index (χ2v) is 17.0. The molecule has 0 bridgehead atoms. The molecule has 0 spiro atoms. The average molecular weight is 1070 g/mol. The number of amides is 8. The Kier molecular flexibility index (Phi) is 30.3. The van der Waals surface area contributed by atoms with Crippen LogP contribution in [0.15, 0.2) is 16.8 Å². The zero-order valence-corrected chi connectivity index (χ0v) is 40.9. The second kappa shape index (κ2) is 34.1. The smallest absolute Gasteiger partial charge is 0.391 e. The molecule has 1 heterocycles. The summed E-state index contributed by atoms with van der Waals surface area (Å²) in [7, 11) is 0. The molecule has 25 N–H and O–H groups in total. The summed E-state index contributed by atoms with van der Waals surface area (Å²) in [5.74, 6) is -11.3. The number of aliphatic carboxylic acids is 1. The number of nitrogens with zero attached hydrogens (tertiary/aromatic N) is 2. The largest absolute Gasteiger partial charge is 0.477 e. The monoisotopic (exact) mass is 1070 g/mol. The number of carboxylic acid groups (broad SMARTS) is 1. The van der Waals surface area contributed by atoms with Gasteiger partial charge in [-0.25, -0.2) is 9.79 Å². The number of aliphatic hydroxyl groups is 2. The summed E-state index contributed by atoms with van der Waals surface area (Å²) in [6.07, 6.45) is -8.34. The Morgan fingerprint density at radius 2 is 1.32 bits per heavy atom. The number of carbonyl (C=O) groups is 9. The number of guanidine groups is 1. The Balaban J connectivity index is 3.34. The third kappa shape index (κ3) is 24.1. The number of alkyl halides is 3. The van der Waals surface area contributed by atoms with Crippen molar-refractivity contribution in [2.24, 2.45) is 45.1 Å². The summed E-state index contributed by atoms with van der Waals surface area (Å²) < 4.78 is 41.9. The highest BCUT2D eigenvalue weighted by Crippen LogP contribution is 2.24. The molecule has 8 amide bonds. The van der Waals surface area contributed by atoms with E-state index in [-0.39, 0.29) is 77.5 Å². The first-order valence-electron chi connectivity index (χ1n) is 23.8. The predicted molar refractivity (Wildman–Crippen MR) is 259 cm³/mol. The van der Waals surface area contributed by atoms with Crippen LogP contribution >= 0.6 is 0 Å². The van der Waals surface area contributed by atoms with Crippen LogP contribution in [-0.2, 0) is 43.2 Å². The van der Waals surface area contributed by atoms with E-state index in [0.717, 1.165) is 11.0 Å². The van der Waals surface area contributed by atoms with Crippen LogP contribution in [0.3, 0.4) is 0 Å². The van der Waals surface area contributed by atoms with Crippen molar-refractivity contribution in [2.45, 2.75) is 132 Å². The number of hydrogen-bond acceptors (Lipinski definition) is 18. The Bertz CT molecular complexity index is 1980. The fraction of sp³-hybridized carbons (Fsp3) is 0.690. The summed E-state index contributed by atoms with van der Waals surface area (Å²) in [6.45, 7) is -1.89. The first kappa shape index (κ1) is 65.6. The predicted octanol–water partition coefficient (Wildman–Crippen LogP) is -7.13. The Hall–Kier alpha value is -6.42. The molecule has 1 aliphatic rings. The lowest BCUT2D eigenvalue weighted by molar-refractivity contribution is -0.153. The molecular formula is C42H74F3N17O12. The van der Waals surface area contributed by atoms with Crippen molar-refractivity contribution >= 4 is 64.9 Å². The van der Waals surface area contributed by atoms with Gasteiger partial charge >= 0.3 is 12.1 Å². The summed E-state index contributed by atoms with van der Waals surface area (Å²) in [5.41, 5.74) is 37.7. The molecule has 8 atom stereocenters. The van der Waals surface area contributed by atoms with Crippen molar-refractivity contribution in [3.63, 3.8) is 0 Å². The molecule has 0 aromatic carbocycles. The topological polar surface area (TPSA) is 520 Å². The van der Waals surface area contributed by atoms with Crippen LogP contribution in [-0.4, -0.2) is 192 Å². The van der Waals surface area contributed by atoms with Crippen molar-refractivity contribution in [1.82, 2.24) is 42.1 Å². The van der Waals surface area contributed by atoms with Crippen molar-refractivity contribution in [1.29, 1.82) is 5.41 Å². The molecule has 1 rings (SSSR count). The standard InChI is InChI=1S/C42H74F3N17O12/c43-42(44,45)18-26(35(68)57-23(9-2-4-14-47)34(67)58-25(40(73)74)11-6-16-54-41(52)53)59-36(69)27-12-7-17-62(27)39(72)24(10-5-15-48)56-30(65)21-55-37(70)31(28(63)19-49)61-38(71)32(29(64)20-50)60-33(66)22(51)8-1-3-13-46/h11,22-23,26-29,31-32,63-64H,1-10,12-21,46-51H2,(H,55,70)(H,57,68)(H,58,67)(H,59,69)(H,60,66)(H,61,71)(H,73,74)(H4,52,53,54)/b25-11-,56-24+/t22-,23-,26-,27-,28-,29-,31-,32-/m0/s1. The van der Waals surface area contributed by atoms with Gasteiger partial charge < -0.3 is 97.6 Å². The number of aliphatic imine (C=N–C) groups is 1. The third-order valence-corrected chi connectivity index (χ3v) is 11.0. The van der Waals surface area contributed by atoms with Crippen LogP contribution in [0.25, 0.3) is 0 Å². The van der Waals surface area contributed by atoms with Gasteiger partial charge in [0.25, 0.3) is 11.8 Å². The number of hydrogen-bond donors (Lipinski definition) is 18. The maximum Gasteiger partial charge on any atom is 0.391 e. The van der Waals surface area contributed by atoms with Gasteiger partial charge in [-0.2, -0.15) is 13.2 Å². The highest BCUT2D eigenvalue weighted by Gasteiger charge is 2.42. The summed E-state index contributed by atoms with van der Waals surface area (Å²) in [5, 5.41) is 53.1. The van der Waals surface area contributed by atoms with Crippen LogP contribution in [0.4, 0.5) is 13.2 Å². The van der Waals surface area contributed by atoms with Crippen molar-refractivity contribution in [3.8, 4) is 0 Å². The Labute approximate surface area is 424 Å². The van der Waals surface area contributed by atoms with E-state index in [0.29, 0.717) is 25.8 Å². The molecule has 0 saturated carbocycles. The number of nitrogens with two attached hydrogens (primary N) is 7. The van der Waals surface area contributed by atoms with E-state index in [4.69, 9.17) is 45.5 Å². The molecule has 1 fully saturated rings. The SMILES string of the molecule is N=C(N)NCC/C=C(\NC(=O)[C@H](CCCCN)NC(=O)[C@H](CC(F)(F)F)NC(=O)[C@@H]1CCCN1C(=O)/C(CCCN)=N/C(=O)CNC(=O)[C@@H](NC(=O)[C@@H](NC(=O)[C@@H](N)CCCCN)[C@@H](O)CN)[C@@H](O)CN)C(=O)O. The zero-order chi connectivity index (χ0) is 56.1. The normalized spacial score (nSPS) is 16.8. The molecule has 420 valence electrons. The fourth-order valence-electron chi connectivity index (χ4n) is 7.06. The van der Waals surface area contributed by atoms with Crippen molar-refractivity contribution in [3.05, 3.63) is 11.8 Å². The molecular weight excluding hydrogens is 992 g/mol. The average Bonchev–Trinajstić information content (AvgIpc) is 3.85. The van der Waals surface area contributed by atoms with Crippen LogP contribution in [0.2, 0.25) is 0 Å². The molecule has 0 unspecified atom stereocenters. The number of likely N-dealkylation sites (tertiary alicyclic amines) is 1. The van der Waals surface area contributed by atoms with Crippen LogP contribution in [0.1, 0.15) is 77.0 Å². The van der Waals surface area contributed by atoms with Crippen molar-refractivity contribution < 1.29 is 71.6 Å². The summed E-state index contributed by atoms with van der Waals surface area (Å²) in [4.78, 5) is 124. The van der Waals surface area contributed by atoms with Crippen LogP contribution in [0.5, 0.6) is 0 Å². The first-order chi connectivity index (χ1) is 34.8. The molecule has 29 nitrogen and oxygen atoms in total. The summed E-state index contributed by atoms with van der Waals surface area (Å²) >= 11 is 0. The fourth-order valence-corrected chi connectivity index (χ4v) is 7.06. The van der Waals surface area contributed by atoms with Gasteiger partial charge in [-0.05, 0) is 83.8 Å². The zero-order valence-electron chi connectivity index (χ0n) is 40.9. The highest BCUT2D eigenvalue weighted by molar-refractivity contribution is 6.40. The number of rotatable bonds is 34. The lowest BCUT2D eigenvalue weighted by Crippen LogP contribution is -2.63. The molecule has 1 saturated heterocycles. The number of nitrogens with one attached hydrogen (secondary N) is 8. The van der Waals surface area contributed by atoms with Gasteiger partial charge in [0.05, 0.1) is 31.2 Å². The van der Waals surface area contributed by atoms with Gasteiger partial charge in [-0.3, -0.25) is 43.8 Å². The number of carboxylic acids is 1. The molecule has 74 heavy (non-hydrogen) atoms. The highest BCUT2D eigenvalue weighted by atomic mass is 19.4.